The van der Waals surface area contributed by atoms with Gasteiger partial charge in [0.2, 0.25) is 5.88 Å². The van der Waals surface area contributed by atoms with Gasteiger partial charge in [-0.05, 0) is 45.7 Å². The van der Waals surface area contributed by atoms with Crippen LogP contribution in [0.1, 0.15) is 48.8 Å². The average Bonchev–Trinajstić information content (AvgIpc) is 2.79. The monoisotopic (exact) mass is 456 g/mol. The molecule has 0 unspecified atom stereocenters. The van der Waals surface area contributed by atoms with Gasteiger partial charge in [0.05, 0.1) is 11.8 Å². The molecule has 2 aromatic carbocycles. The summed E-state index contributed by atoms with van der Waals surface area (Å²) in [6.07, 6.45) is 0.779. The highest BCUT2D eigenvalue weighted by molar-refractivity contribution is 6.31. The zero-order valence-corrected chi connectivity index (χ0v) is 16.6. The molecule has 0 saturated carbocycles. The molecule has 1 aromatic heterocycles. The number of benzene rings is 2. The van der Waals surface area contributed by atoms with E-state index in [2.05, 4.69) is 4.98 Å². The number of carbonyl (C=O) groups excluding carboxylic acids is 1. The third-order valence-corrected chi connectivity index (χ3v) is 4.00. The largest absolute Gasteiger partial charge is 0.471 e. The number of nitrogens with zero attached hydrogens (tertiary/aromatic N) is 1. The van der Waals surface area contributed by atoms with E-state index in [0.29, 0.717) is 12.1 Å². The predicted molar refractivity (Wildman–Crippen MR) is 112 cm³/mol. The molecule has 0 atom stereocenters. The molecular weight excluding hydrogens is 428 g/mol. The number of pyridine rings is 1. The normalized spacial score (nSPS) is 16.7. The molecule has 5 nitrogen and oxygen atoms in total. The molecule has 0 aliphatic rings. The van der Waals surface area contributed by atoms with Crippen LogP contribution in [0.2, 0.25) is 5.02 Å². The molecule has 0 N–H and O–H groups in total. The highest BCUT2D eigenvalue weighted by Crippen LogP contribution is 2.32. The van der Waals surface area contributed by atoms with Crippen LogP contribution in [-0.4, -0.2) is 16.6 Å². The molecule has 0 amide bonds. The molecule has 0 saturated heterocycles. The van der Waals surface area contributed by atoms with Crippen molar-refractivity contribution in [1.82, 2.24) is 4.98 Å². The lowest BCUT2D eigenvalue weighted by Gasteiger charge is -2.21. The Labute approximate surface area is 196 Å². The third-order valence-electron chi connectivity index (χ3n) is 3.73. The number of hydrogen-bond acceptors (Lipinski definition) is 5. The van der Waals surface area contributed by atoms with Crippen LogP contribution in [0, 0.1) is 18.6 Å². The zero-order chi connectivity index (χ0) is 30.3. The lowest BCUT2D eigenvalue weighted by Crippen LogP contribution is -2.23. The molecule has 162 valence electrons. The summed E-state index contributed by atoms with van der Waals surface area (Å²) in [6, 6.07) is 8.24. The van der Waals surface area contributed by atoms with Gasteiger partial charge >= 0.3 is 5.97 Å². The van der Waals surface area contributed by atoms with Gasteiger partial charge in [-0.15, -0.1) is 0 Å². The minimum absolute atomic E-state index is 0.109. The van der Waals surface area contributed by atoms with Crippen LogP contribution < -0.4 is 14.2 Å². The van der Waals surface area contributed by atoms with E-state index in [0.717, 1.165) is 17.8 Å². The quantitative estimate of drug-likeness (QED) is 0.323. The van der Waals surface area contributed by atoms with E-state index in [1.807, 2.05) is 6.92 Å². The Bertz CT molecular complexity index is 1380. The van der Waals surface area contributed by atoms with E-state index >= 15 is 0 Å². The van der Waals surface area contributed by atoms with Gasteiger partial charge in [0.25, 0.3) is 0 Å². The summed E-state index contributed by atoms with van der Waals surface area (Å²) in [5.41, 5.74) is -3.54. The van der Waals surface area contributed by atoms with Gasteiger partial charge in [0, 0.05) is 24.5 Å². The van der Waals surface area contributed by atoms with Crippen LogP contribution in [0.5, 0.6) is 23.1 Å². The smallest absolute Gasteiger partial charge is 0.346 e. The molecule has 3 aromatic rings. The van der Waals surface area contributed by atoms with Crippen molar-refractivity contribution in [2.45, 2.75) is 33.1 Å². The SMILES string of the molecule is [2H]C([2H])([2H])C(Oc1ncc(Oc2cc(F)c(C(=O)Oc3ccc(C)cc3)cc2F)cc1Cl)(C([2H])([2H])[2H])C([2H])([2H])[2H]. The van der Waals surface area contributed by atoms with Gasteiger partial charge in [-0.2, -0.15) is 0 Å². The second-order valence-corrected chi connectivity index (χ2v) is 6.72. The number of halogens is 3. The number of ether oxygens (including phenoxy) is 3. The summed E-state index contributed by atoms with van der Waals surface area (Å²) >= 11 is 6.03. The number of aryl methyl sites for hydroxylation is 1. The Morgan fingerprint density at radius 3 is 2.42 bits per heavy atom. The van der Waals surface area contributed by atoms with Crippen molar-refractivity contribution >= 4 is 17.6 Å². The van der Waals surface area contributed by atoms with E-state index < -0.39 is 66.0 Å². The van der Waals surface area contributed by atoms with Crippen LogP contribution in [0.25, 0.3) is 0 Å². The third kappa shape index (κ3) is 5.92. The van der Waals surface area contributed by atoms with Gasteiger partial charge in [0.15, 0.2) is 11.6 Å². The summed E-state index contributed by atoms with van der Waals surface area (Å²) in [7, 11) is 0. The van der Waals surface area contributed by atoms with Crippen LogP contribution in [0.4, 0.5) is 8.78 Å². The summed E-state index contributed by atoms with van der Waals surface area (Å²) in [4.78, 5) is 15.9. The molecule has 0 aliphatic heterocycles. The molecule has 8 heteroatoms. The molecule has 1 heterocycles. The van der Waals surface area contributed by atoms with E-state index in [4.69, 9.17) is 38.1 Å². The summed E-state index contributed by atoms with van der Waals surface area (Å²) < 4.78 is 113. The maximum atomic E-state index is 14.7. The van der Waals surface area contributed by atoms with Crippen LogP contribution in [-0.2, 0) is 0 Å². The van der Waals surface area contributed by atoms with Crippen molar-refractivity contribution in [3.8, 4) is 23.1 Å². The first-order chi connectivity index (χ1) is 18.3. The standard InChI is InChI=1S/C23H20ClF2NO4/c1-13-5-7-14(8-6-13)30-22(28)16-10-19(26)20(11-18(16)25)29-15-9-17(24)21(27-12-15)31-23(2,3)4/h5-12H,1-4H3/i2D3,3D3,4D3. The fourth-order valence-corrected chi connectivity index (χ4v) is 2.54. The van der Waals surface area contributed by atoms with Crippen molar-refractivity contribution < 1.29 is 40.1 Å². The fraction of sp³-hybridized carbons (Fsp3) is 0.217. The summed E-state index contributed by atoms with van der Waals surface area (Å²) in [5.74, 6) is -5.37. The van der Waals surface area contributed by atoms with Gasteiger partial charge in [0.1, 0.15) is 27.9 Å². The Morgan fingerprint density at radius 2 is 1.77 bits per heavy atom. The molecule has 0 fully saturated rings. The average molecular weight is 457 g/mol. The van der Waals surface area contributed by atoms with Crippen molar-refractivity contribution in [2.24, 2.45) is 0 Å². The molecule has 31 heavy (non-hydrogen) atoms. The summed E-state index contributed by atoms with van der Waals surface area (Å²) in [5, 5.41) is -0.598. The Balaban J connectivity index is 1.88. The Kier molecular flexibility index (Phi) is 3.81. The molecule has 0 bridgehead atoms. The topological polar surface area (TPSA) is 57.7 Å². The van der Waals surface area contributed by atoms with Gasteiger partial charge in [-0.1, -0.05) is 29.3 Å². The molecule has 0 radical (unpaired) electrons. The second kappa shape index (κ2) is 8.89. The van der Waals surface area contributed by atoms with Crippen molar-refractivity contribution in [2.75, 3.05) is 0 Å². The highest BCUT2D eigenvalue weighted by atomic mass is 35.5. The Hall–Kier alpha value is -3.19. The van der Waals surface area contributed by atoms with Crippen LogP contribution >= 0.6 is 11.6 Å². The predicted octanol–water partition coefficient (Wildman–Crippen LogP) is 6.51. The minimum Gasteiger partial charge on any atom is -0.471 e. The highest BCUT2D eigenvalue weighted by Gasteiger charge is 2.20. The van der Waals surface area contributed by atoms with E-state index in [1.54, 1.807) is 12.1 Å². The zero-order valence-electron chi connectivity index (χ0n) is 24.8. The maximum Gasteiger partial charge on any atom is 0.346 e. The lowest BCUT2D eigenvalue weighted by atomic mass is 10.2. The summed E-state index contributed by atoms with van der Waals surface area (Å²) in [6.45, 7) is -9.26. The number of esters is 1. The van der Waals surface area contributed by atoms with E-state index in [-0.39, 0.29) is 11.5 Å². The number of aromatic nitrogens is 1. The van der Waals surface area contributed by atoms with Crippen molar-refractivity contribution in [1.29, 1.82) is 0 Å². The van der Waals surface area contributed by atoms with Gasteiger partial charge in [-0.25, -0.2) is 18.6 Å². The first kappa shape index (κ1) is 13.3. The molecule has 0 spiro atoms. The lowest BCUT2D eigenvalue weighted by molar-refractivity contribution is 0.0729. The number of carbonyl (C=O) groups is 1. The van der Waals surface area contributed by atoms with Crippen LogP contribution in [0.3, 0.4) is 0 Å². The second-order valence-electron chi connectivity index (χ2n) is 6.31. The Morgan fingerprint density at radius 1 is 1.06 bits per heavy atom. The molecule has 0 aliphatic carbocycles. The van der Waals surface area contributed by atoms with E-state index in [1.165, 1.54) is 12.1 Å². The van der Waals surface area contributed by atoms with Crippen LogP contribution in [0.15, 0.2) is 48.7 Å². The number of rotatable bonds is 5. The van der Waals surface area contributed by atoms with Gasteiger partial charge in [-0.3, -0.25) is 0 Å². The maximum absolute atomic E-state index is 14.7. The molecular formula is C23H20ClF2NO4. The minimum atomic E-state index is -3.70. The first-order valence-corrected chi connectivity index (χ1v) is 8.95. The fourth-order valence-electron chi connectivity index (χ4n) is 2.34. The van der Waals surface area contributed by atoms with Crippen molar-refractivity contribution in [3.63, 3.8) is 0 Å². The van der Waals surface area contributed by atoms with Gasteiger partial charge < -0.3 is 14.2 Å². The molecule has 3 rings (SSSR count). The van der Waals surface area contributed by atoms with Crippen molar-refractivity contribution in [3.05, 3.63) is 76.4 Å². The number of hydrogen-bond donors (Lipinski definition) is 0. The van der Waals surface area contributed by atoms with E-state index in [9.17, 15) is 13.6 Å². The first-order valence-electron chi connectivity index (χ1n) is 13.1.